The lowest BCUT2D eigenvalue weighted by Crippen LogP contribution is -2.51. The van der Waals surface area contributed by atoms with Crippen molar-refractivity contribution in [3.63, 3.8) is 0 Å². The van der Waals surface area contributed by atoms with Crippen LogP contribution in [0.5, 0.6) is 0 Å². The van der Waals surface area contributed by atoms with Crippen LogP contribution < -0.4 is 5.32 Å². The first kappa shape index (κ1) is 16.2. The fourth-order valence-electron chi connectivity index (χ4n) is 3.66. The second kappa shape index (κ2) is 7.27. The van der Waals surface area contributed by atoms with Gasteiger partial charge in [-0.1, -0.05) is 0 Å². The Morgan fingerprint density at radius 2 is 2.17 bits per heavy atom. The highest BCUT2D eigenvalue weighted by molar-refractivity contribution is 5.89. The molecule has 1 N–H and O–H groups in total. The first-order valence-electron chi connectivity index (χ1n) is 8.47. The minimum absolute atomic E-state index is 0.0187. The third-order valence-corrected chi connectivity index (χ3v) is 4.51. The van der Waals surface area contributed by atoms with Crippen molar-refractivity contribution in [3.05, 3.63) is 24.5 Å². The molecule has 0 aliphatic carbocycles. The molecule has 3 unspecified atom stereocenters. The molecule has 0 aromatic carbocycles. The minimum Gasteiger partial charge on any atom is -0.373 e. The Morgan fingerprint density at radius 1 is 1.39 bits per heavy atom. The van der Waals surface area contributed by atoms with Gasteiger partial charge in [0.15, 0.2) is 0 Å². The van der Waals surface area contributed by atoms with E-state index in [1.165, 1.54) is 0 Å². The number of likely N-dealkylation sites (tertiary alicyclic amines) is 1. The standard InChI is InChI=1S/C17H26N4O2/c1-13-10-20(11-14(2)23-13)12-16-6-4-8-21(16)17(22)19-15-5-3-7-18-9-15/h3,5,7,9,13-14,16H,4,6,8,10-12H2,1-2H3,(H,19,22). The van der Waals surface area contributed by atoms with Crippen molar-refractivity contribution < 1.29 is 9.53 Å². The number of aromatic nitrogens is 1. The smallest absolute Gasteiger partial charge is 0.322 e. The summed E-state index contributed by atoms with van der Waals surface area (Å²) in [7, 11) is 0. The van der Waals surface area contributed by atoms with Crippen LogP contribution in [0.4, 0.5) is 10.5 Å². The first-order valence-corrected chi connectivity index (χ1v) is 8.47. The maximum absolute atomic E-state index is 12.5. The number of amides is 2. The minimum atomic E-state index is -0.0187. The van der Waals surface area contributed by atoms with E-state index in [0.717, 1.165) is 44.7 Å². The molecule has 2 fully saturated rings. The van der Waals surface area contributed by atoms with Gasteiger partial charge in [-0.3, -0.25) is 9.88 Å². The van der Waals surface area contributed by atoms with Crippen LogP contribution in [0.15, 0.2) is 24.5 Å². The number of hydrogen-bond acceptors (Lipinski definition) is 4. The van der Waals surface area contributed by atoms with Gasteiger partial charge in [0.2, 0.25) is 0 Å². The highest BCUT2D eigenvalue weighted by Crippen LogP contribution is 2.21. The molecule has 3 atom stereocenters. The number of pyridine rings is 1. The van der Waals surface area contributed by atoms with Crippen LogP contribution in [0, 0.1) is 0 Å². The average molecular weight is 318 g/mol. The molecule has 0 saturated carbocycles. The molecule has 0 spiro atoms. The molecule has 3 rings (SSSR count). The fourth-order valence-corrected chi connectivity index (χ4v) is 3.66. The van der Waals surface area contributed by atoms with E-state index >= 15 is 0 Å². The average Bonchev–Trinajstić information content (AvgIpc) is 2.95. The summed E-state index contributed by atoms with van der Waals surface area (Å²) in [6, 6.07) is 3.95. The Hall–Kier alpha value is -1.66. The number of morpholine rings is 1. The van der Waals surface area contributed by atoms with Crippen molar-refractivity contribution in [1.29, 1.82) is 0 Å². The second-order valence-corrected chi connectivity index (χ2v) is 6.64. The van der Waals surface area contributed by atoms with Crippen molar-refractivity contribution in [2.75, 3.05) is 31.5 Å². The van der Waals surface area contributed by atoms with E-state index in [0.29, 0.717) is 0 Å². The lowest BCUT2D eigenvalue weighted by molar-refractivity contribution is -0.0712. The molecule has 0 radical (unpaired) electrons. The number of nitrogens with zero attached hydrogens (tertiary/aromatic N) is 3. The first-order chi connectivity index (χ1) is 11.1. The zero-order chi connectivity index (χ0) is 16.2. The molecule has 0 bridgehead atoms. The zero-order valence-electron chi connectivity index (χ0n) is 13.9. The summed E-state index contributed by atoms with van der Waals surface area (Å²) in [4.78, 5) is 21.0. The van der Waals surface area contributed by atoms with Gasteiger partial charge >= 0.3 is 6.03 Å². The molecule has 126 valence electrons. The molecule has 2 aliphatic heterocycles. The lowest BCUT2D eigenvalue weighted by atomic mass is 10.1. The Morgan fingerprint density at radius 3 is 2.87 bits per heavy atom. The van der Waals surface area contributed by atoms with Crippen molar-refractivity contribution in [2.45, 2.75) is 44.9 Å². The van der Waals surface area contributed by atoms with Crippen molar-refractivity contribution in [3.8, 4) is 0 Å². The Labute approximate surface area is 137 Å². The normalized spacial score (nSPS) is 28.8. The number of carbonyl (C=O) groups excluding carboxylic acids is 1. The summed E-state index contributed by atoms with van der Waals surface area (Å²) in [5.41, 5.74) is 0.747. The number of ether oxygens (including phenoxy) is 1. The van der Waals surface area contributed by atoms with E-state index in [4.69, 9.17) is 4.74 Å². The maximum Gasteiger partial charge on any atom is 0.322 e. The highest BCUT2D eigenvalue weighted by Gasteiger charge is 2.32. The van der Waals surface area contributed by atoms with Gasteiger partial charge in [-0.2, -0.15) is 0 Å². The van der Waals surface area contributed by atoms with Crippen LogP contribution in [-0.2, 0) is 4.74 Å². The van der Waals surface area contributed by atoms with Gasteiger partial charge in [0.25, 0.3) is 0 Å². The number of anilines is 1. The largest absolute Gasteiger partial charge is 0.373 e. The molecule has 1 aromatic rings. The number of urea groups is 1. The summed E-state index contributed by atoms with van der Waals surface area (Å²) in [5.74, 6) is 0. The van der Waals surface area contributed by atoms with E-state index in [2.05, 4.69) is 29.0 Å². The molecule has 2 amide bonds. The van der Waals surface area contributed by atoms with Gasteiger partial charge in [0.05, 0.1) is 24.1 Å². The van der Waals surface area contributed by atoms with Crippen molar-refractivity contribution in [1.82, 2.24) is 14.8 Å². The molecule has 1 aromatic heterocycles. The maximum atomic E-state index is 12.5. The predicted octanol–water partition coefficient (Wildman–Crippen LogP) is 2.19. The predicted molar refractivity (Wildman–Crippen MR) is 89.4 cm³/mol. The van der Waals surface area contributed by atoms with Gasteiger partial charge in [0, 0.05) is 38.4 Å². The van der Waals surface area contributed by atoms with Gasteiger partial charge in [-0.05, 0) is 38.8 Å². The van der Waals surface area contributed by atoms with Crippen LogP contribution >= 0.6 is 0 Å². The topological polar surface area (TPSA) is 57.7 Å². The Balaban J connectivity index is 1.58. The zero-order valence-corrected chi connectivity index (χ0v) is 13.9. The van der Waals surface area contributed by atoms with Crippen LogP contribution in [-0.4, -0.2) is 65.2 Å². The highest BCUT2D eigenvalue weighted by atomic mass is 16.5. The summed E-state index contributed by atoms with van der Waals surface area (Å²) >= 11 is 0. The number of carbonyl (C=O) groups is 1. The van der Waals surface area contributed by atoms with Crippen LogP contribution in [0.1, 0.15) is 26.7 Å². The van der Waals surface area contributed by atoms with E-state index in [9.17, 15) is 4.79 Å². The van der Waals surface area contributed by atoms with Gasteiger partial charge in [-0.15, -0.1) is 0 Å². The molecular weight excluding hydrogens is 292 g/mol. The number of rotatable bonds is 3. The quantitative estimate of drug-likeness (QED) is 0.928. The Kier molecular flexibility index (Phi) is 5.13. The van der Waals surface area contributed by atoms with Gasteiger partial charge < -0.3 is 15.0 Å². The number of hydrogen-bond donors (Lipinski definition) is 1. The monoisotopic (exact) mass is 318 g/mol. The van der Waals surface area contributed by atoms with Crippen LogP contribution in [0.3, 0.4) is 0 Å². The van der Waals surface area contributed by atoms with Gasteiger partial charge in [0.1, 0.15) is 0 Å². The lowest BCUT2D eigenvalue weighted by Gasteiger charge is -2.38. The molecule has 3 heterocycles. The SMILES string of the molecule is CC1CN(CC2CCCN2C(=O)Nc2cccnc2)CC(C)O1. The third kappa shape index (κ3) is 4.20. The fraction of sp³-hybridized carbons (Fsp3) is 0.647. The number of nitrogens with one attached hydrogen (secondary N) is 1. The molecular formula is C17H26N4O2. The molecule has 23 heavy (non-hydrogen) atoms. The van der Waals surface area contributed by atoms with E-state index in [-0.39, 0.29) is 24.3 Å². The van der Waals surface area contributed by atoms with E-state index in [1.807, 2.05) is 17.0 Å². The van der Waals surface area contributed by atoms with Gasteiger partial charge in [-0.25, -0.2) is 4.79 Å². The summed E-state index contributed by atoms with van der Waals surface area (Å²) in [5, 5.41) is 2.95. The summed E-state index contributed by atoms with van der Waals surface area (Å²) in [6.07, 6.45) is 6.04. The third-order valence-electron chi connectivity index (χ3n) is 4.51. The molecule has 2 saturated heterocycles. The van der Waals surface area contributed by atoms with Crippen molar-refractivity contribution >= 4 is 11.7 Å². The van der Waals surface area contributed by atoms with Crippen molar-refractivity contribution in [2.24, 2.45) is 0 Å². The molecule has 6 heteroatoms. The summed E-state index contributed by atoms with van der Waals surface area (Å²) in [6.45, 7) is 7.87. The van der Waals surface area contributed by atoms with E-state index < -0.39 is 0 Å². The Bertz CT molecular complexity index is 515. The summed E-state index contributed by atoms with van der Waals surface area (Å²) < 4.78 is 5.79. The van der Waals surface area contributed by atoms with E-state index in [1.54, 1.807) is 12.4 Å². The molecule has 6 nitrogen and oxygen atoms in total. The second-order valence-electron chi connectivity index (χ2n) is 6.64. The molecule has 2 aliphatic rings. The van der Waals surface area contributed by atoms with Crippen LogP contribution in [0.2, 0.25) is 0 Å². The van der Waals surface area contributed by atoms with Crippen LogP contribution in [0.25, 0.3) is 0 Å².